The van der Waals surface area contributed by atoms with Crippen LogP contribution in [0, 0.1) is 23.2 Å². The average molecular weight is 377 g/mol. The Hall–Kier alpha value is -1.06. The fraction of sp³-hybridized carbons (Fsp3) is 0.682. The molecule has 0 radical (unpaired) electrons. The van der Waals surface area contributed by atoms with E-state index in [1.807, 2.05) is 0 Å². The third kappa shape index (κ3) is 4.26. The van der Waals surface area contributed by atoms with Gasteiger partial charge in [0.25, 0.3) is 0 Å². The maximum atomic E-state index is 12.9. The van der Waals surface area contributed by atoms with Crippen molar-refractivity contribution in [2.24, 2.45) is 23.2 Å². The SMILES string of the molecule is CC(C)Cc1ccc(C(NC(=O)C2CC23CCNCC3)C2CC2)cc1.Cl. The molecule has 2 atom stereocenters. The van der Waals surface area contributed by atoms with Crippen LogP contribution in [0.15, 0.2) is 24.3 Å². The molecule has 3 fully saturated rings. The van der Waals surface area contributed by atoms with E-state index in [9.17, 15) is 4.79 Å². The van der Waals surface area contributed by atoms with Crippen molar-refractivity contribution in [1.82, 2.24) is 10.6 Å². The average Bonchev–Trinajstić information content (AvgIpc) is 3.51. The summed E-state index contributed by atoms with van der Waals surface area (Å²) >= 11 is 0. The van der Waals surface area contributed by atoms with Gasteiger partial charge in [-0.1, -0.05) is 38.1 Å². The van der Waals surface area contributed by atoms with Gasteiger partial charge in [-0.05, 0) is 80.0 Å². The Kier molecular flexibility index (Phi) is 5.98. The third-order valence-corrected chi connectivity index (χ3v) is 6.48. The summed E-state index contributed by atoms with van der Waals surface area (Å²) in [6.07, 6.45) is 7.06. The quantitative estimate of drug-likeness (QED) is 0.778. The Labute approximate surface area is 164 Å². The molecule has 144 valence electrons. The zero-order valence-electron chi connectivity index (χ0n) is 16.1. The van der Waals surface area contributed by atoms with Crippen LogP contribution in [0.1, 0.15) is 63.1 Å². The molecule has 3 aliphatic rings. The lowest BCUT2D eigenvalue weighted by Crippen LogP contribution is -2.35. The highest BCUT2D eigenvalue weighted by Crippen LogP contribution is 2.59. The van der Waals surface area contributed by atoms with E-state index in [-0.39, 0.29) is 24.4 Å². The summed E-state index contributed by atoms with van der Waals surface area (Å²) in [5.41, 5.74) is 3.02. The van der Waals surface area contributed by atoms with Crippen LogP contribution in [0.25, 0.3) is 0 Å². The molecule has 1 aromatic carbocycles. The van der Waals surface area contributed by atoms with Gasteiger partial charge in [-0.2, -0.15) is 0 Å². The minimum absolute atomic E-state index is 0. The van der Waals surface area contributed by atoms with Crippen molar-refractivity contribution in [1.29, 1.82) is 0 Å². The predicted molar refractivity (Wildman–Crippen MR) is 108 cm³/mol. The van der Waals surface area contributed by atoms with Crippen molar-refractivity contribution < 1.29 is 4.79 Å². The van der Waals surface area contributed by atoms with Crippen LogP contribution in [-0.2, 0) is 11.2 Å². The fourth-order valence-corrected chi connectivity index (χ4v) is 4.68. The molecule has 2 saturated carbocycles. The second-order valence-corrected chi connectivity index (χ2v) is 9.03. The Morgan fingerprint density at radius 2 is 1.85 bits per heavy atom. The lowest BCUT2D eigenvalue weighted by atomic mass is 9.91. The Balaban J connectivity index is 0.00000196. The van der Waals surface area contributed by atoms with Gasteiger partial charge in [0, 0.05) is 5.92 Å². The van der Waals surface area contributed by atoms with Crippen LogP contribution >= 0.6 is 12.4 Å². The van der Waals surface area contributed by atoms with Crippen LogP contribution in [-0.4, -0.2) is 19.0 Å². The molecule has 0 aromatic heterocycles. The standard InChI is InChI=1S/C22H32N2O.ClH/c1-15(2)13-16-3-5-17(6-4-16)20(18-7-8-18)24-21(25)19-14-22(19)9-11-23-12-10-22;/h3-6,15,18-20,23H,7-14H2,1-2H3,(H,24,25);1H. The second kappa shape index (κ2) is 7.90. The third-order valence-electron chi connectivity index (χ3n) is 6.48. The lowest BCUT2D eigenvalue weighted by Gasteiger charge is -2.24. The van der Waals surface area contributed by atoms with Crippen molar-refractivity contribution in [3.05, 3.63) is 35.4 Å². The highest BCUT2D eigenvalue weighted by atomic mass is 35.5. The van der Waals surface area contributed by atoms with Crippen molar-refractivity contribution in [3.63, 3.8) is 0 Å². The van der Waals surface area contributed by atoms with Crippen LogP contribution < -0.4 is 10.6 Å². The smallest absolute Gasteiger partial charge is 0.224 e. The first-order valence-electron chi connectivity index (χ1n) is 10.2. The molecule has 2 N–H and O–H groups in total. The maximum absolute atomic E-state index is 12.9. The van der Waals surface area contributed by atoms with Gasteiger partial charge in [0.15, 0.2) is 0 Å². The Bertz CT molecular complexity index is 618. The summed E-state index contributed by atoms with van der Waals surface area (Å²) in [7, 11) is 0. The van der Waals surface area contributed by atoms with Gasteiger partial charge < -0.3 is 10.6 Å². The molecule has 1 saturated heterocycles. The van der Waals surface area contributed by atoms with Gasteiger partial charge in [-0.15, -0.1) is 12.4 Å². The van der Waals surface area contributed by atoms with Crippen molar-refractivity contribution >= 4 is 18.3 Å². The molecule has 2 unspecified atom stereocenters. The molecule has 4 heteroatoms. The molecule has 2 aliphatic carbocycles. The van der Waals surface area contributed by atoms with Crippen molar-refractivity contribution in [2.75, 3.05) is 13.1 Å². The first-order chi connectivity index (χ1) is 12.1. The van der Waals surface area contributed by atoms with Crippen LogP contribution in [0.4, 0.5) is 0 Å². The molecular weight excluding hydrogens is 344 g/mol. The summed E-state index contributed by atoms with van der Waals surface area (Å²) in [5, 5.41) is 6.85. The van der Waals surface area contributed by atoms with Gasteiger partial charge >= 0.3 is 0 Å². The van der Waals surface area contributed by atoms with Crippen LogP contribution in [0.2, 0.25) is 0 Å². The molecule has 1 aromatic rings. The van der Waals surface area contributed by atoms with Crippen LogP contribution in [0.3, 0.4) is 0 Å². The van der Waals surface area contributed by atoms with Crippen molar-refractivity contribution in [3.8, 4) is 0 Å². The van der Waals surface area contributed by atoms with Gasteiger partial charge in [-0.3, -0.25) is 4.79 Å². The van der Waals surface area contributed by atoms with Gasteiger partial charge in [0.1, 0.15) is 0 Å². The first kappa shape index (κ1) is 19.7. The highest BCUT2D eigenvalue weighted by Gasteiger charge is 2.58. The summed E-state index contributed by atoms with van der Waals surface area (Å²) in [6.45, 7) is 6.67. The monoisotopic (exact) mass is 376 g/mol. The number of rotatable bonds is 6. The molecule has 4 rings (SSSR count). The molecule has 1 aliphatic heterocycles. The highest BCUT2D eigenvalue weighted by molar-refractivity contribution is 5.85. The minimum atomic E-state index is 0. The van der Waals surface area contributed by atoms with E-state index in [1.54, 1.807) is 0 Å². The van der Waals surface area contributed by atoms with E-state index in [2.05, 4.69) is 48.7 Å². The number of hydrogen-bond donors (Lipinski definition) is 2. The number of halogens is 1. The number of piperidine rings is 1. The van der Waals surface area contributed by atoms with E-state index in [4.69, 9.17) is 0 Å². The van der Waals surface area contributed by atoms with E-state index >= 15 is 0 Å². The summed E-state index contributed by atoms with van der Waals surface area (Å²) in [5.74, 6) is 1.89. The number of carbonyl (C=O) groups is 1. The van der Waals surface area contributed by atoms with E-state index in [0.29, 0.717) is 23.2 Å². The molecule has 1 heterocycles. The van der Waals surface area contributed by atoms with E-state index in [0.717, 1.165) is 25.9 Å². The molecular formula is C22H33ClN2O. The van der Waals surface area contributed by atoms with E-state index < -0.39 is 0 Å². The summed E-state index contributed by atoms with van der Waals surface area (Å²) in [6, 6.07) is 9.22. The normalized spacial score (nSPS) is 24.8. The van der Waals surface area contributed by atoms with E-state index in [1.165, 1.54) is 36.8 Å². The first-order valence-corrected chi connectivity index (χ1v) is 10.2. The molecule has 1 amide bonds. The largest absolute Gasteiger partial charge is 0.349 e. The predicted octanol–water partition coefficient (Wildman–Crippen LogP) is 4.26. The van der Waals surface area contributed by atoms with Gasteiger partial charge in [0.2, 0.25) is 5.91 Å². The number of benzene rings is 1. The maximum Gasteiger partial charge on any atom is 0.224 e. The molecule has 0 bridgehead atoms. The zero-order chi connectivity index (χ0) is 17.4. The number of nitrogens with one attached hydrogen (secondary N) is 2. The second-order valence-electron chi connectivity index (χ2n) is 9.03. The lowest BCUT2D eigenvalue weighted by molar-refractivity contribution is -0.124. The minimum Gasteiger partial charge on any atom is -0.349 e. The Morgan fingerprint density at radius 3 is 2.42 bits per heavy atom. The summed E-state index contributed by atoms with van der Waals surface area (Å²) in [4.78, 5) is 12.9. The number of amides is 1. The molecule has 3 nitrogen and oxygen atoms in total. The van der Waals surface area contributed by atoms with Gasteiger partial charge in [0.05, 0.1) is 6.04 Å². The fourth-order valence-electron chi connectivity index (χ4n) is 4.68. The topological polar surface area (TPSA) is 41.1 Å². The molecule has 1 spiro atoms. The summed E-state index contributed by atoms with van der Waals surface area (Å²) < 4.78 is 0. The number of carbonyl (C=O) groups excluding carboxylic acids is 1. The zero-order valence-corrected chi connectivity index (χ0v) is 16.9. The van der Waals surface area contributed by atoms with Crippen molar-refractivity contribution in [2.45, 2.75) is 58.4 Å². The van der Waals surface area contributed by atoms with Crippen LogP contribution in [0.5, 0.6) is 0 Å². The molecule has 26 heavy (non-hydrogen) atoms. The van der Waals surface area contributed by atoms with Gasteiger partial charge in [-0.25, -0.2) is 0 Å². The Morgan fingerprint density at radius 1 is 1.19 bits per heavy atom. The number of hydrogen-bond acceptors (Lipinski definition) is 2.